The quantitative estimate of drug-likeness (QED) is 0.484. The van der Waals surface area contributed by atoms with E-state index in [4.69, 9.17) is 4.74 Å². The smallest absolute Gasteiger partial charge is 0.305 e. The predicted octanol–water partition coefficient (Wildman–Crippen LogP) is 0.826. The van der Waals surface area contributed by atoms with Crippen LogP contribution in [0.1, 0.15) is 12.8 Å². The van der Waals surface area contributed by atoms with E-state index < -0.39 is 0 Å². The van der Waals surface area contributed by atoms with Gasteiger partial charge in [-0.3, -0.25) is 9.69 Å². The van der Waals surface area contributed by atoms with Crippen molar-refractivity contribution >= 4 is 5.97 Å². The molecule has 1 heterocycles. The molecule has 0 N–H and O–H groups in total. The molecular weight excluding hydrogens is 194 g/mol. The van der Waals surface area contributed by atoms with Crippen molar-refractivity contribution in [1.82, 2.24) is 4.90 Å². The van der Waals surface area contributed by atoms with Crippen LogP contribution >= 0.6 is 0 Å². The van der Waals surface area contributed by atoms with Crippen LogP contribution in [0.3, 0.4) is 0 Å². The minimum absolute atomic E-state index is 0.150. The van der Waals surface area contributed by atoms with Crippen molar-refractivity contribution in [3.05, 3.63) is 12.2 Å². The number of carbonyl (C=O) groups is 1. The molecule has 0 saturated carbocycles. The first-order valence-electron chi connectivity index (χ1n) is 5.22. The second kappa shape index (κ2) is 6.58. The molecule has 0 aromatic rings. The second-order valence-electron chi connectivity index (χ2n) is 3.65. The number of methoxy groups -OCH3 is 2. The number of ether oxygens (including phenoxy) is 2. The van der Waals surface area contributed by atoms with Crippen molar-refractivity contribution < 1.29 is 14.3 Å². The third-order valence-corrected chi connectivity index (χ3v) is 2.63. The van der Waals surface area contributed by atoms with Gasteiger partial charge in [0.15, 0.2) is 0 Å². The summed E-state index contributed by atoms with van der Waals surface area (Å²) in [6, 6.07) is 0.309. The maximum absolute atomic E-state index is 11.0. The zero-order chi connectivity index (χ0) is 11.1. The van der Waals surface area contributed by atoms with Gasteiger partial charge in [-0.25, -0.2) is 0 Å². The number of rotatable bonds is 6. The molecule has 0 aromatic heterocycles. The second-order valence-corrected chi connectivity index (χ2v) is 3.65. The van der Waals surface area contributed by atoms with Crippen molar-refractivity contribution in [3.63, 3.8) is 0 Å². The van der Waals surface area contributed by atoms with Gasteiger partial charge < -0.3 is 9.47 Å². The highest BCUT2D eigenvalue weighted by Crippen LogP contribution is 2.11. The molecule has 1 rings (SSSR count). The fourth-order valence-electron chi connectivity index (χ4n) is 1.74. The molecule has 0 saturated heterocycles. The van der Waals surface area contributed by atoms with Gasteiger partial charge in [-0.15, -0.1) is 0 Å². The van der Waals surface area contributed by atoms with E-state index >= 15 is 0 Å². The highest BCUT2D eigenvalue weighted by Gasteiger charge is 2.19. The lowest BCUT2D eigenvalue weighted by Crippen LogP contribution is -2.37. The maximum atomic E-state index is 11.0. The van der Waals surface area contributed by atoms with Gasteiger partial charge in [0.1, 0.15) is 0 Å². The van der Waals surface area contributed by atoms with Crippen LogP contribution in [0.25, 0.3) is 0 Å². The molecule has 0 fully saturated rings. The van der Waals surface area contributed by atoms with Gasteiger partial charge in [0.05, 0.1) is 13.7 Å². The van der Waals surface area contributed by atoms with Crippen LogP contribution in [0.15, 0.2) is 12.2 Å². The van der Waals surface area contributed by atoms with Gasteiger partial charge in [0, 0.05) is 32.7 Å². The molecule has 1 aliphatic rings. The van der Waals surface area contributed by atoms with E-state index in [0.717, 1.165) is 19.5 Å². The third kappa shape index (κ3) is 4.01. The largest absolute Gasteiger partial charge is 0.469 e. The monoisotopic (exact) mass is 213 g/mol. The van der Waals surface area contributed by atoms with E-state index in [1.54, 1.807) is 7.11 Å². The molecule has 0 radical (unpaired) electrons. The van der Waals surface area contributed by atoms with E-state index in [-0.39, 0.29) is 5.97 Å². The van der Waals surface area contributed by atoms with Crippen molar-refractivity contribution in [2.45, 2.75) is 18.9 Å². The first-order chi connectivity index (χ1) is 7.27. The van der Waals surface area contributed by atoms with E-state index in [0.29, 0.717) is 19.1 Å². The Morgan fingerprint density at radius 2 is 2.07 bits per heavy atom. The Morgan fingerprint density at radius 1 is 1.40 bits per heavy atom. The Balaban J connectivity index is 2.32. The molecule has 1 aliphatic heterocycles. The van der Waals surface area contributed by atoms with E-state index in [2.05, 4.69) is 21.8 Å². The van der Waals surface area contributed by atoms with Gasteiger partial charge in [-0.05, 0) is 6.42 Å². The Hall–Kier alpha value is -0.870. The highest BCUT2D eigenvalue weighted by atomic mass is 16.5. The molecule has 1 atom stereocenters. The molecule has 0 unspecified atom stereocenters. The van der Waals surface area contributed by atoms with Crippen molar-refractivity contribution in [2.24, 2.45) is 0 Å². The molecule has 0 amide bonds. The van der Waals surface area contributed by atoms with Crippen molar-refractivity contribution in [1.29, 1.82) is 0 Å². The lowest BCUT2D eigenvalue weighted by Gasteiger charge is -2.26. The first-order valence-corrected chi connectivity index (χ1v) is 5.22. The fourth-order valence-corrected chi connectivity index (χ4v) is 1.74. The summed E-state index contributed by atoms with van der Waals surface area (Å²) >= 11 is 0. The Bertz CT molecular complexity index is 220. The van der Waals surface area contributed by atoms with Crippen LogP contribution in [0.4, 0.5) is 0 Å². The van der Waals surface area contributed by atoms with Crippen LogP contribution in [0.2, 0.25) is 0 Å². The normalized spacial score (nSPS) is 18.0. The van der Waals surface area contributed by atoms with Gasteiger partial charge in [0.25, 0.3) is 0 Å². The van der Waals surface area contributed by atoms with Crippen LogP contribution in [0, 0.1) is 0 Å². The molecule has 4 nitrogen and oxygen atoms in total. The molecule has 4 heteroatoms. The third-order valence-electron chi connectivity index (χ3n) is 2.63. The lowest BCUT2D eigenvalue weighted by molar-refractivity contribution is -0.141. The zero-order valence-corrected chi connectivity index (χ0v) is 9.44. The van der Waals surface area contributed by atoms with E-state index in [9.17, 15) is 4.79 Å². The zero-order valence-electron chi connectivity index (χ0n) is 9.44. The molecule has 0 aliphatic carbocycles. The van der Waals surface area contributed by atoms with E-state index in [1.165, 1.54) is 7.11 Å². The topological polar surface area (TPSA) is 38.8 Å². The van der Waals surface area contributed by atoms with Gasteiger partial charge >= 0.3 is 5.97 Å². The Kier molecular flexibility index (Phi) is 5.36. The molecular formula is C11H19NO3. The average molecular weight is 213 g/mol. The van der Waals surface area contributed by atoms with Crippen LogP contribution < -0.4 is 0 Å². The fraction of sp³-hybridized carbons (Fsp3) is 0.727. The highest BCUT2D eigenvalue weighted by molar-refractivity contribution is 5.69. The lowest BCUT2D eigenvalue weighted by atomic mass is 10.1. The minimum atomic E-state index is -0.150. The summed E-state index contributed by atoms with van der Waals surface area (Å²) in [5.41, 5.74) is 0. The Labute approximate surface area is 90.8 Å². The summed E-state index contributed by atoms with van der Waals surface area (Å²) in [5, 5.41) is 0. The molecule has 86 valence electrons. The first kappa shape index (κ1) is 12.2. The van der Waals surface area contributed by atoms with Crippen molar-refractivity contribution in [3.8, 4) is 0 Å². The van der Waals surface area contributed by atoms with Gasteiger partial charge in [-0.1, -0.05) is 12.2 Å². The van der Waals surface area contributed by atoms with Gasteiger partial charge in [0.2, 0.25) is 0 Å². The summed E-state index contributed by atoms with van der Waals surface area (Å²) in [6.45, 7) is 2.57. The summed E-state index contributed by atoms with van der Waals surface area (Å²) in [5.74, 6) is -0.150. The SMILES string of the molecule is COC[C@@H](CCC(=O)OC)N1CC=CC1. The standard InChI is InChI=1S/C11H19NO3/c1-14-9-10(5-6-11(13)15-2)12-7-3-4-8-12/h3-4,10H,5-9H2,1-2H3/t10-/m1/s1. The Morgan fingerprint density at radius 3 is 2.60 bits per heavy atom. The molecule has 0 bridgehead atoms. The van der Waals surface area contributed by atoms with Crippen molar-refractivity contribution in [2.75, 3.05) is 33.9 Å². The molecule has 0 aromatic carbocycles. The molecule has 0 spiro atoms. The number of esters is 1. The number of hydrogen-bond donors (Lipinski definition) is 0. The summed E-state index contributed by atoms with van der Waals surface area (Å²) < 4.78 is 9.79. The van der Waals surface area contributed by atoms with E-state index in [1.807, 2.05) is 0 Å². The predicted molar refractivity (Wildman–Crippen MR) is 57.6 cm³/mol. The summed E-state index contributed by atoms with van der Waals surface area (Å²) in [7, 11) is 3.11. The van der Waals surface area contributed by atoms with Gasteiger partial charge in [-0.2, -0.15) is 0 Å². The number of hydrogen-bond acceptors (Lipinski definition) is 4. The average Bonchev–Trinajstić information content (AvgIpc) is 2.76. The summed E-state index contributed by atoms with van der Waals surface area (Å²) in [6.07, 6.45) is 5.53. The summed E-state index contributed by atoms with van der Waals surface area (Å²) in [4.78, 5) is 13.3. The van der Waals surface area contributed by atoms with Crippen LogP contribution in [0.5, 0.6) is 0 Å². The minimum Gasteiger partial charge on any atom is -0.469 e. The molecule has 15 heavy (non-hydrogen) atoms. The number of carbonyl (C=O) groups excluding carboxylic acids is 1. The number of nitrogens with zero attached hydrogens (tertiary/aromatic N) is 1. The van der Waals surface area contributed by atoms with Crippen LogP contribution in [-0.2, 0) is 14.3 Å². The van der Waals surface area contributed by atoms with Crippen LogP contribution in [-0.4, -0.2) is 50.8 Å². The maximum Gasteiger partial charge on any atom is 0.305 e.